The largest absolute Gasteiger partial charge is 0.395 e. The SMILES string of the molecule is CC(C)CC(=O)N(CCO)CC(F)F. The summed E-state index contributed by atoms with van der Waals surface area (Å²) in [5, 5.41) is 8.59. The molecule has 0 saturated heterocycles. The number of carbonyl (C=O) groups excluding carboxylic acids is 1. The van der Waals surface area contributed by atoms with Crippen LogP contribution in [-0.2, 0) is 4.79 Å². The average molecular weight is 209 g/mol. The molecule has 0 aromatic heterocycles. The number of aliphatic hydroxyl groups is 1. The van der Waals surface area contributed by atoms with E-state index in [1.807, 2.05) is 13.8 Å². The summed E-state index contributed by atoms with van der Waals surface area (Å²) in [4.78, 5) is 12.4. The molecule has 0 atom stereocenters. The van der Waals surface area contributed by atoms with Crippen LogP contribution in [0, 0.1) is 5.92 Å². The number of hydrogen-bond donors (Lipinski definition) is 1. The first-order valence-corrected chi connectivity index (χ1v) is 4.64. The van der Waals surface area contributed by atoms with Gasteiger partial charge in [-0.1, -0.05) is 13.8 Å². The minimum absolute atomic E-state index is 0.0180. The summed E-state index contributed by atoms with van der Waals surface area (Å²) in [6.45, 7) is 2.80. The highest BCUT2D eigenvalue weighted by atomic mass is 19.3. The summed E-state index contributed by atoms with van der Waals surface area (Å²) in [5.41, 5.74) is 0. The van der Waals surface area contributed by atoms with Crippen LogP contribution < -0.4 is 0 Å². The van der Waals surface area contributed by atoms with Gasteiger partial charge in [0.1, 0.15) is 0 Å². The Bertz CT molecular complexity index is 174. The second-order valence-corrected chi connectivity index (χ2v) is 3.55. The molecule has 0 rings (SSSR count). The first-order valence-electron chi connectivity index (χ1n) is 4.64. The summed E-state index contributed by atoms with van der Waals surface area (Å²) in [6.07, 6.45) is -2.30. The van der Waals surface area contributed by atoms with E-state index in [9.17, 15) is 13.6 Å². The number of amides is 1. The van der Waals surface area contributed by atoms with Gasteiger partial charge in [0, 0.05) is 13.0 Å². The van der Waals surface area contributed by atoms with Crippen LogP contribution in [-0.4, -0.2) is 42.0 Å². The van der Waals surface area contributed by atoms with E-state index in [0.29, 0.717) is 0 Å². The molecule has 0 saturated carbocycles. The number of alkyl halides is 2. The predicted octanol–water partition coefficient (Wildman–Crippen LogP) is 1.12. The van der Waals surface area contributed by atoms with Gasteiger partial charge in [-0.05, 0) is 5.92 Å². The summed E-state index contributed by atoms with van der Waals surface area (Å²) in [6, 6.07) is 0. The molecule has 0 aliphatic heterocycles. The van der Waals surface area contributed by atoms with Gasteiger partial charge in [0.15, 0.2) is 0 Å². The van der Waals surface area contributed by atoms with Crippen molar-refractivity contribution < 1.29 is 18.7 Å². The van der Waals surface area contributed by atoms with Gasteiger partial charge >= 0.3 is 0 Å². The van der Waals surface area contributed by atoms with Crippen LogP contribution in [0.25, 0.3) is 0 Å². The van der Waals surface area contributed by atoms with E-state index in [-0.39, 0.29) is 31.4 Å². The molecule has 0 aromatic carbocycles. The third kappa shape index (κ3) is 5.85. The number of halogens is 2. The number of hydrogen-bond acceptors (Lipinski definition) is 2. The van der Waals surface area contributed by atoms with Gasteiger partial charge in [0.05, 0.1) is 13.2 Å². The van der Waals surface area contributed by atoms with E-state index in [1.54, 1.807) is 0 Å². The molecule has 0 aliphatic carbocycles. The van der Waals surface area contributed by atoms with Crippen molar-refractivity contribution >= 4 is 5.91 Å². The Balaban J connectivity index is 4.10. The van der Waals surface area contributed by atoms with Gasteiger partial charge in [-0.15, -0.1) is 0 Å². The lowest BCUT2D eigenvalue weighted by atomic mass is 10.1. The van der Waals surface area contributed by atoms with E-state index in [4.69, 9.17) is 5.11 Å². The van der Waals surface area contributed by atoms with Crippen molar-refractivity contribution in [3.8, 4) is 0 Å². The molecule has 0 radical (unpaired) electrons. The minimum Gasteiger partial charge on any atom is -0.395 e. The maximum Gasteiger partial charge on any atom is 0.255 e. The lowest BCUT2D eigenvalue weighted by Crippen LogP contribution is -2.37. The van der Waals surface area contributed by atoms with Gasteiger partial charge < -0.3 is 10.0 Å². The second-order valence-electron chi connectivity index (χ2n) is 3.55. The van der Waals surface area contributed by atoms with Crippen LogP contribution in [0.1, 0.15) is 20.3 Å². The number of rotatable bonds is 6. The zero-order chi connectivity index (χ0) is 11.1. The van der Waals surface area contributed by atoms with Crippen molar-refractivity contribution in [3.05, 3.63) is 0 Å². The fraction of sp³-hybridized carbons (Fsp3) is 0.889. The maximum atomic E-state index is 12.0. The summed E-state index contributed by atoms with van der Waals surface area (Å²) in [7, 11) is 0. The van der Waals surface area contributed by atoms with Crippen molar-refractivity contribution in [2.24, 2.45) is 5.92 Å². The molecule has 1 amide bonds. The van der Waals surface area contributed by atoms with E-state index >= 15 is 0 Å². The normalized spacial score (nSPS) is 11.1. The zero-order valence-electron chi connectivity index (χ0n) is 8.54. The zero-order valence-corrected chi connectivity index (χ0v) is 8.54. The highest BCUT2D eigenvalue weighted by molar-refractivity contribution is 5.76. The van der Waals surface area contributed by atoms with Crippen LogP contribution in [0.5, 0.6) is 0 Å². The van der Waals surface area contributed by atoms with E-state index in [1.165, 1.54) is 0 Å². The highest BCUT2D eigenvalue weighted by Crippen LogP contribution is 2.06. The molecular formula is C9H17F2NO2. The van der Waals surface area contributed by atoms with Crippen molar-refractivity contribution in [3.63, 3.8) is 0 Å². The molecule has 1 N–H and O–H groups in total. The lowest BCUT2D eigenvalue weighted by Gasteiger charge is -2.22. The highest BCUT2D eigenvalue weighted by Gasteiger charge is 2.18. The van der Waals surface area contributed by atoms with Crippen LogP contribution >= 0.6 is 0 Å². The summed E-state index contributed by atoms with van der Waals surface area (Å²) < 4.78 is 24.1. The third-order valence-electron chi connectivity index (χ3n) is 1.66. The van der Waals surface area contributed by atoms with Crippen molar-refractivity contribution in [1.29, 1.82) is 0 Å². The van der Waals surface area contributed by atoms with Crippen molar-refractivity contribution in [2.75, 3.05) is 19.7 Å². The molecule has 0 bridgehead atoms. The molecule has 0 unspecified atom stereocenters. The average Bonchev–Trinajstić information content (AvgIpc) is 2.01. The Labute approximate surface area is 82.7 Å². The van der Waals surface area contributed by atoms with E-state index in [2.05, 4.69) is 0 Å². The molecule has 0 spiro atoms. The number of aliphatic hydroxyl groups excluding tert-OH is 1. The molecule has 3 nitrogen and oxygen atoms in total. The van der Waals surface area contributed by atoms with Crippen LogP contribution in [0.3, 0.4) is 0 Å². The first kappa shape index (κ1) is 13.3. The van der Waals surface area contributed by atoms with Crippen LogP contribution in [0.4, 0.5) is 8.78 Å². The molecule has 0 aliphatic rings. The van der Waals surface area contributed by atoms with E-state index < -0.39 is 13.0 Å². The topological polar surface area (TPSA) is 40.5 Å². The molecule has 5 heteroatoms. The van der Waals surface area contributed by atoms with Gasteiger partial charge in [-0.2, -0.15) is 0 Å². The fourth-order valence-corrected chi connectivity index (χ4v) is 1.08. The Hall–Kier alpha value is -0.710. The van der Waals surface area contributed by atoms with Crippen LogP contribution in [0.15, 0.2) is 0 Å². The third-order valence-corrected chi connectivity index (χ3v) is 1.66. The lowest BCUT2D eigenvalue weighted by molar-refractivity contribution is -0.134. The van der Waals surface area contributed by atoms with Crippen molar-refractivity contribution in [2.45, 2.75) is 26.7 Å². The molecule has 0 aromatic rings. The van der Waals surface area contributed by atoms with Gasteiger partial charge in [-0.3, -0.25) is 4.79 Å². The Morgan fingerprint density at radius 2 is 2.00 bits per heavy atom. The maximum absolute atomic E-state index is 12.0. The molecule has 84 valence electrons. The minimum atomic E-state index is -2.54. The van der Waals surface area contributed by atoms with E-state index in [0.717, 1.165) is 4.90 Å². The molecule has 0 heterocycles. The predicted molar refractivity (Wildman–Crippen MR) is 49.1 cm³/mol. The monoisotopic (exact) mass is 209 g/mol. The number of carbonyl (C=O) groups is 1. The summed E-state index contributed by atoms with van der Waals surface area (Å²) in [5.74, 6) is -0.185. The quantitative estimate of drug-likeness (QED) is 0.712. The first-order chi connectivity index (χ1) is 6.47. The standard InChI is InChI=1S/C9H17F2NO2/c1-7(2)5-9(14)12(3-4-13)6-8(10)11/h7-8,13H,3-6H2,1-2H3. The smallest absolute Gasteiger partial charge is 0.255 e. The fourth-order valence-electron chi connectivity index (χ4n) is 1.08. The molecule has 14 heavy (non-hydrogen) atoms. The number of nitrogens with zero attached hydrogens (tertiary/aromatic N) is 1. The summed E-state index contributed by atoms with van der Waals surface area (Å²) >= 11 is 0. The second kappa shape index (κ2) is 6.70. The Morgan fingerprint density at radius 1 is 1.43 bits per heavy atom. The van der Waals surface area contributed by atoms with Gasteiger partial charge in [-0.25, -0.2) is 8.78 Å². The molecular weight excluding hydrogens is 192 g/mol. The Morgan fingerprint density at radius 3 is 2.36 bits per heavy atom. The molecule has 0 fully saturated rings. The van der Waals surface area contributed by atoms with Crippen LogP contribution in [0.2, 0.25) is 0 Å². The van der Waals surface area contributed by atoms with Gasteiger partial charge in [0.2, 0.25) is 5.91 Å². The Kier molecular flexibility index (Phi) is 6.36. The van der Waals surface area contributed by atoms with Gasteiger partial charge in [0.25, 0.3) is 6.43 Å². The van der Waals surface area contributed by atoms with Crippen molar-refractivity contribution in [1.82, 2.24) is 4.90 Å².